The van der Waals surface area contributed by atoms with Gasteiger partial charge in [0.05, 0.1) is 23.9 Å². The predicted octanol–water partition coefficient (Wildman–Crippen LogP) is 4.69. The molecule has 0 aliphatic rings. The van der Waals surface area contributed by atoms with Crippen LogP contribution in [0.3, 0.4) is 0 Å². The van der Waals surface area contributed by atoms with Gasteiger partial charge in [0.1, 0.15) is 5.75 Å². The molecule has 3 rings (SSSR count). The van der Waals surface area contributed by atoms with E-state index >= 15 is 0 Å². The van der Waals surface area contributed by atoms with Crippen LogP contribution in [0, 0.1) is 0 Å². The summed E-state index contributed by atoms with van der Waals surface area (Å²) in [6.07, 6.45) is 1.41. The predicted molar refractivity (Wildman–Crippen MR) is 118 cm³/mol. The first kappa shape index (κ1) is 22.1. The van der Waals surface area contributed by atoms with Crippen molar-refractivity contribution in [1.29, 1.82) is 0 Å². The van der Waals surface area contributed by atoms with Crippen molar-refractivity contribution in [3.8, 4) is 17.2 Å². The van der Waals surface area contributed by atoms with Crippen molar-refractivity contribution in [2.24, 2.45) is 5.10 Å². The van der Waals surface area contributed by atoms with E-state index in [2.05, 4.69) is 10.5 Å². The van der Waals surface area contributed by atoms with Gasteiger partial charge in [-0.15, -0.1) is 0 Å². The standard InChI is InChI=1S/C22H16Cl2N2O5/c1-30-20-10-13(12-25-26-21(28)14-3-6-16(27)7-4-14)2-9-19(20)31-22(29)17-8-5-15(23)11-18(17)24/h2-12,27H,1H3,(H,26,28). The van der Waals surface area contributed by atoms with Crippen molar-refractivity contribution in [3.05, 3.63) is 87.4 Å². The van der Waals surface area contributed by atoms with Gasteiger partial charge in [-0.25, -0.2) is 10.2 Å². The second-order valence-electron chi connectivity index (χ2n) is 6.17. The van der Waals surface area contributed by atoms with Crippen molar-refractivity contribution >= 4 is 41.3 Å². The second-order valence-corrected chi connectivity index (χ2v) is 7.01. The molecule has 7 nitrogen and oxygen atoms in total. The van der Waals surface area contributed by atoms with E-state index in [1.165, 1.54) is 61.9 Å². The van der Waals surface area contributed by atoms with Gasteiger partial charge in [0.2, 0.25) is 0 Å². The molecule has 0 heterocycles. The summed E-state index contributed by atoms with van der Waals surface area (Å²) in [5, 5.41) is 13.7. The van der Waals surface area contributed by atoms with Crippen LogP contribution >= 0.6 is 23.2 Å². The van der Waals surface area contributed by atoms with Gasteiger partial charge in [0.15, 0.2) is 11.5 Å². The average molecular weight is 459 g/mol. The summed E-state index contributed by atoms with van der Waals surface area (Å²) >= 11 is 11.9. The van der Waals surface area contributed by atoms with Crippen LogP contribution in [0.4, 0.5) is 0 Å². The summed E-state index contributed by atoms with van der Waals surface area (Å²) in [7, 11) is 1.43. The number of ether oxygens (including phenoxy) is 2. The van der Waals surface area contributed by atoms with E-state index in [0.29, 0.717) is 16.1 Å². The molecule has 31 heavy (non-hydrogen) atoms. The Bertz CT molecular complexity index is 1150. The van der Waals surface area contributed by atoms with Crippen molar-refractivity contribution in [2.75, 3.05) is 7.11 Å². The summed E-state index contributed by atoms with van der Waals surface area (Å²) in [6.45, 7) is 0. The van der Waals surface area contributed by atoms with Gasteiger partial charge >= 0.3 is 5.97 Å². The van der Waals surface area contributed by atoms with Crippen LogP contribution in [-0.4, -0.2) is 30.3 Å². The largest absolute Gasteiger partial charge is 0.508 e. The molecule has 0 spiro atoms. The second kappa shape index (κ2) is 9.97. The molecule has 0 fully saturated rings. The van der Waals surface area contributed by atoms with E-state index in [-0.39, 0.29) is 27.8 Å². The molecular formula is C22H16Cl2N2O5. The highest BCUT2D eigenvalue weighted by Gasteiger charge is 2.16. The van der Waals surface area contributed by atoms with Crippen LogP contribution in [0.2, 0.25) is 10.0 Å². The molecule has 0 bridgehead atoms. The highest BCUT2D eigenvalue weighted by atomic mass is 35.5. The van der Waals surface area contributed by atoms with Gasteiger partial charge in [-0.05, 0) is 66.2 Å². The number of hydrogen-bond acceptors (Lipinski definition) is 6. The number of nitrogens with zero attached hydrogens (tertiary/aromatic N) is 1. The lowest BCUT2D eigenvalue weighted by Crippen LogP contribution is -2.17. The van der Waals surface area contributed by atoms with E-state index in [1.54, 1.807) is 12.1 Å². The van der Waals surface area contributed by atoms with E-state index in [1.807, 2.05) is 0 Å². The zero-order valence-corrected chi connectivity index (χ0v) is 17.6. The van der Waals surface area contributed by atoms with Crippen LogP contribution < -0.4 is 14.9 Å². The molecular weight excluding hydrogens is 443 g/mol. The van der Waals surface area contributed by atoms with Crippen molar-refractivity contribution in [1.82, 2.24) is 5.43 Å². The number of amides is 1. The zero-order valence-electron chi connectivity index (χ0n) is 16.1. The Morgan fingerprint density at radius 2 is 1.74 bits per heavy atom. The first-order valence-corrected chi connectivity index (χ1v) is 9.60. The van der Waals surface area contributed by atoms with Gasteiger partial charge in [0.25, 0.3) is 5.91 Å². The molecule has 3 aromatic carbocycles. The molecule has 0 radical (unpaired) electrons. The fraction of sp³-hybridized carbons (Fsp3) is 0.0455. The summed E-state index contributed by atoms with van der Waals surface area (Å²) in [6, 6.07) is 14.9. The number of phenolic OH excluding ortho intramolecular Hbond substituents is 1. The molecule has 0 aromatic heterocycles. The number of hydrogen-bond donors (Lipinski definition) is 2. The van der Waals surface area contributed by atoms with Crippen LogP contribution in [-0.2, 0) is 0 Å². The molecule has 9 heteroatoms. The number of benzene rings is 3. The van der Waals surface area contributed by atoms with Crippen molar-refractivity contribution in [3.63, 3.8) is 0 Å². The number of hydrazone groups is 1. The highest BCUT2D eigenvalue weighted by molar-refractivity contribution is 6.36. The maximum Gasteiger partial charge on any atom is 0.345 e. The highest BCUT2D eigenvalue weighted by Crippen LogP contribution is 2.30. The normalized spacial score (nSPS) is 10.7. The minimum Gasteiger partial charge on any atom is -0.508 e. The molecule has 3 aromatic rings. The van der Waals surface area contributed by atoms with Crippen LogP contribution in [0.1, 0.15) is 26.3 Å². The number of phenols is 1. The topological polar surface area (TPSA) is 97.2 Å². The number of carbonyl (C=O) groups excluding carboxylic acids is 2. The zero-order chi connectivity index (χ0) is 22.4. The maximum absolute atomic E-state index is 12.4. The Morgan fingerprint density at radius 1 is 1.00 bits per heavy atom. The Kier molecular flexibility index (Phi) is 7.12. The summed E-state index contributed by atoms with van der Waals surface area (Å²) in [5.41, 5.74) is 3.48. The molecule has 2 N–H and O–H groups in total. The molecule has 1 amide bonds. The third-order valence-electron chi connectivity index (χ3n) is 4.05. The lowest BCUT2D eigenvalue weighted by molar-refractivity contribution is 0.0729. The van der Waals surface area contributed by atoms with Crippen LogP contribution in [0.25, 0.3) is 0 Å². The SMILES string of the molecule is COc1cc(C=NNC(=O)c2ccc(O)cc2)ccc1OC(=O)c1ccc(Cl)cc1Cl. The number of methoxy groups -OCH3 is 1. The molecule has 0 atom stereocenters. The number of nitrogens with one attached hydrogen (secondary N) is 1. The third-order valence-corrected chi connectivity index (χ3v) is 4.60. The van der Waals surface area contributed by atoms with E-state index in [4.69, 9.17) is 32.7 Å². The van der Waals surface area contributed by atoms with E-state index in [9.17, 15) is 14.7 Å². The Hall–Kier alpha value is -3.55. The maximum atomic E-state index is 12.4. The average Bonchev–Trinajstić information content (AvgIpc) is 2.75. The van der Waals surface area contributed by atoms with Gasteiger partial charge in [-0.3, -0.25) is 4.79 Å². The Morgan fingerprint density at radius 3 is 2.42 bits per heavy atom. The first-order chi connectivity index (χ1) is 14.9. The van der Waals surface area contributed by atoms with Gasteiger partial charge in [0, 0.05) is 10.6 Å². The summed E-state index contributed by atoms with van der Waals surface area (Å²) in [5.74, 6) is -0.571. The molecule has 0 saturated heterocycles. The van der Waals surface area contributed by atoms with Crippen molar-refractivity contribution in [2.45, 2.75) is 0 Å². The van der Waals surface area contributed by atoms with Crippen LogP contribution in [0.15, 0.2) is 65.8 Å². The number of esters is 1. The third kappa shape index (κ3) is 5.75. The van der Waals surface area contributed by atoms with Crippen molar-refractivity contribution < 1.29 is 24.2 Å². The van der Waals surface area contributed by atoms with Gasteiger partial charge in [-0.1, -0.05) is 23.2 Å². The fourth-order valence-corrected chi connectivity index (χ4v) is 2.99. The van der Waals surface area contributed by atoms with Gasteiger partial charge < -0.3 is 14.6 Å². The number of rotatable bonds is 6. The number of halogens is 2. The summed E-state index contributed by atoms with van der Waals surface area (Å²) < 4.78 is 10.7. The quantitative estimate of drug-likeness (QED) is 0.241. The fourth-order valence-electron chi connectivity index (χ4n) is 2.50. The first-order valence-electron chi connectivity index (χ1n) is 8.85. The molecule has 158 valence electrons. The molecule has 0 aliphatic heterocycles. The van der Waals surface area contributed by atoms with Gasteiger partial charge in [-0.2, -0.15) is 5.10 Å². The number of aromatic hydroxyl groups is 1. The van der Waals surface area contributed by atoms with E-state index in [0.717, 1.165) is 0 Å². The monoisotopic (exact) mass is 458 g/mol. The smallest absolute Gasteiger partial charge is 0.345 e. The van der Waals surface area contributed by atoms with Crippen LogP contribution in [0.5, 0.6) is 17.2 Å². The van der Waals surface area contributed by atoms with E-state index < -0.39 is 11.9 Å². The minimum atomic E-state index is -0.664. The minimum absolute atomic E-state index is 0.0614. The lowest BCUT2D eigenvalue weighted by Gasteiger charge is -2.10. The molecule has 0 unspecified atom stereocenters. The summed E-state index contributed by atoms with van der Waals surface area (Å²) in [4.78, 5) is 24.4. The Labute approximate surface area is 187 Å². The Balaban J connectivity index is 1.69. The number of carbonyl (C=O) groups is 2. The molecule has 0 saturated carbocycles. The molecule has 0 aliphatic carbocycles. The lowest BCUT2D eigenvalue weighted by atomic mass is 10.2.